The third-order valence-corrected chi connectivity index (χ3v) is 4.95. The van der Waals surface area contributed by atoms with Gasteiger partial charge in [-0.05, 0) is 30.7 Å². The van der Waals surface area contributed by atoms with E-state index in [0.29, 0.717) is 16.3 Å². The van der Waals surface area contributed by atoms with E-state index >= 15 is 0 Å². The Hall–Kier alpha value is -2.11. The Labute approximate surface area is 143 Å². The zero-order valence-corrected chi connectivity index (χ0v) is 14.1. The van der Waals surface area contributed by atoms with E-state index in [2.05, 4.69) is 5.10 Å². The molecule has 0 aliphatic carbocycles. The number of amides is 1. The predicted molar refractivity (Wildman–Crippen MR) is 93.4 cm³/mol. The maximum absolute atomic E-state index is 12.5. The van der Waals surface area contributed by atoms with Crippen molar-refractivity contribution in [2.24, 2.45) is 5.10 Å². The smallest absolute Gasteiger partial charge is 0.244 e. The van der Waals surface area contributed by atoms with Gasteiger partial charge in [0, 0.05) is 17.4 Å². The van der Waals surface area contributed by atoms with Crippen LogP contribution in [0.3, 0.4) is 0 Å². The van der Waals surface area contributed by atoms with Crippen LogP contribution in [0.4, 0.5) is 5.69 Å². The number of aryl methyl sites for hydroxylation is 1. The lowest BCUT2D eigenvalue weighted by atomic mass is 10.1. The van der Waals surface area contributed by atoms with E-state index in [0.717, 1.165) is 10.5 Å². The van der Waals surface area contributed by atoms with Crippen LogP contribution >= 0.6 is 23.4 Å². The summed E-state index contributed by atoms with van der Waals surface area (Å²) in [5.74, 6) is -0.487. The molecule has 1 heterocycles. The van der Waals surface area contributed by atoms with Crippen molar-refractivity contribution in [3.8, 4) is 0 Å². The van der Waals surface area contributed by atoms with Crippen LogP contribution in [-0.2, 0) is 4.79 Å². The summed E-state index contributed by atoms with van der Waals surface area (Å²) in [6.45, 7) is 3.33. The van der Waals surface area contributed by atoms with Crippen LogP contribution in [0.15, 0.2) is 52.5 Å². The summed E-state index contributed by atoms with van der Waals surface area (Å²) in [6, 6.07) is 12.5. The Balaban J connectivity index is 2.04. The lowest BCUT2D eigenvalue weighted by Gasteiger charge is -2.16. The lowest BCUT2D eigenvalue weighted by molar-refractivity contribution is -0.116. The molecule has 23 heavy (non-hydrogen) atoms. The minimum Gasteiger partial charge on any atom is -0.286 e. The molecule has 3 rings (SSSR count). The average Bonchev–Trinajstić information content (AvgIpc) is 2.84. The van der Waals surface area contributed by atoms with Gasteiger partial charge >= 0.3 is 0 Å². The Kier molecular flexibility index (Phi) is 4.24. The number of rotatable bonds is 2. The van der Waals surface area contributed by atoms with Crippen molar-refractivity contribution in [1.29, 1.82) is 0 Å². The molecule has 6 heteroatoms. The number of para-hydroxylation sites is 1. The summed E-state index contributed by atoms with van der Waals surface area (Å²) < 4.78 is 0. The van der Waals surface area contributed by atoms with E-state index in [-0.39, 0.29) is 16.7 Å². The monoisotopic (exact) mass is 344 g/mol. The van der Waals surface area contributed by atoms with Gasteiger partial charge in [-0.1, -0.05) is 47.6 Å². The minimum absolute atomic E-state index is 0.174. The van der Waals surface area contributed by atoms with Crippen molar-refractivity contribution < 1.29 is 9.59 Å². The summed E-state index contributed by atoms with van der Waals surface area (Å²) in [6.07, 6.45) is 0. The van der Waals surface area contributed by atoms with Gasteiger partial charge in [-0.3, -0.25) is 9.59 Å². The summed E-state index contributed by atoms with van der Waals surface area (Å²) in [7, 11) is 0. The van der Waals surface area contributed by atoms with Gasteiger partial charge in [0.25, 0.3) is 0 Å². The van der Waals surface area contributed by atoms with Crippen molar-refractivity contribution in [2.45, 2.75) is 18.7 Å². The zero-order chi connectivity index (χ0) is 16.6. The van der Waals surface area contributed by atoms with E-state index in [1.54, 1.807) is 30.3 Å². The van der Waals surface area contributed by atoms with Crippen molar-refractivity contribution in [1.82, 2.24) is 0 Å². The average molecular weight is 345 g/mol. The Morgan fingerprint density at radius 1 is 1.17 bits per heavy atom. The van der Waals surface area contributed by atoms with Crippen LogP contribution in [0.25, 0.3) is 0 Å². The molecule has 2 aromatic carbocycles. The molecule has 1 aliphatic rings. The van der Waals surface area contributed by atoms with E-state index in [1.165, 1.54) is 23.7 Å². The number of fused-ring (bicyclic) bond motifs is 1. The fourth-order valence-corrected chi connectivity index (χ4v) is 3.53. The van der Waals surface area contributed by atoms with Crippen molar-refractivity contribution in [3.63, 3.8) is 0 Å². The second-order valence-corrected chi connectivity index (χ2v) is 6.48. The molecule has 0 spiro atoms. The van der Waals surface area contributed by atoms with Crippen LogP contribution < -0.4 is 5.01 Å². The number of carbonyl (C=O) groups is 2. The summed E-state index contributed by atoms with van der Waals surface area (Å²) in [5.41, 5.74) is 2.09. The highest BCUT2D eigenvalue weighted by Crippen LogP contribution is 2.37. The maximum atomic E-state index is 12.5. The standard InChI is InChI=1S/C17H13ClN2O2S/c1-10-6-5-7-12-15(22)17(23-16(10)12)19-20(11(2)21)14-9-4-3-8-13(14)18/h3-9H,1-2H3/b19-17-. The molecule has 2 aromatic rings. The first-order chi connectivity index (χ1) is 11.0. The van der Waals surface area contributed by atoms with Crippen LogP contribution in [0, 0.1) is 6.92 Å². The van der Waals surface area contributed by atoms with Crippen molar-refractivity contribution >= 4 is 45.8 Å². The highest BCUT2D eigenvalue weighted by molar-refractivity contribution is 8.16. The van der Waals surface area contributed by atoms with Crippen molar-refractivity contribution in [2.75, 3.05) is 5.01 Å². The van der Waals surface area contributed by atoms with E-state index in [4.69, 9.17) is 11.6 Å². The number of hydrogen-bond donors (Lipinski definition) is 0. The van der Waals surface area contributed by atoms with E-state index in [9.17, 15) is 9.59 Å². The number of benzene rings is 2. The molecule has 0 N–H and O–H groups in total. The second-order valence-electron chi connectivity index (χ2n) is 5.07. The van der Waals surface area contributed by atoms with E-state index < -0.39 is 0 Å². The molecule has 0 saturated carbocycles. The molecule has 4 nitrogen and oxygen atoms in total. The molecule has 1 aliphatic heterocycles. The summed E-state index contributed by atoms with van der Waals surface area (Å²) >= 11 is 7.43. The molecule has 0 bridgehead atoms. The highest BCUT2D eigenvalue weighted by atomic mass is 35.5. The summed E-state index contributed by atoms with van der Waals surface area (Å²) in [5, 5.41) is 6.11. The number of Topliss-reactive ketones (excluding diaryl/α,β-unsaturated/α-hetero) is 1. The topological polar surface area (TPSA) is 49.7 Å². The molecule has 0 atom stereocenters. The second kappa shape index (κ2) is 6.18. The number of hydrazone groups is 1. The Bertz CT molecular complexity index is 848. The first kappa shape index (κ1) is 15.8. The van der Waals surface area contributed by atoms with Gasteiger partial charge in [0.1, 0.15) is 0 Å². The third kappa shape index (κ3) is 2.90. The minimum atomic E-state index is -0.313. The number of halogens is 1. The zero-order valence-electron chi connectivity index (χ0n) is 12.5. The molecule has 0 aromatic heterocycles. The number of thioether (sulfide) groups is 1. The number of hydrogen-bond acceptors (Lipinski definition) is 4. The number of nitrogens with zero attached hydrogens (tertiary/aromatic N) is 2. The maximum Gasteiger partial charge on any atom is 0.244 e. The molecule has 0 saturated heterocycles. The van der Waals surface area contributed by atoms with Crippen LogP contribution in [0.1, 0.15) is 22.8 Å². The van der Waals surface area contributed by atoms with Gasteiger partial charge in [0.2, 0.25) is 11.7 Å². The quantitative estimate of drug-likeness (QED) is 0.763. The molecule has 116 valence electrons. The molecule has 1 amide bonds. The van der Waals surface area contributed by atoms with Crippen molar-refractivity contribution in [3.05, 3.63) is 58.6 Å². The Morgan fingerprint density at radius 2 is 1.91 bits per heavy atom. The molecule has 0 unspecified atom stereocenters. The normalized spacial score (nSPS) is 14.9. The molecular weight excluding hydrogens is 332 g/mol. The third-order valence-electron chi connectivity index (χ3n) is 3.42. The van der Waals surface area contributed by atoms with E-state index in [1.807, 2.05) is 19.1 Å². The van der Waals surface area contributed by atoms with Gasteiger partial charge in [0.15, 0.2) is 5.04 Å². The first-order valence-corrected chi connectivity index (χ1v) is 8.14. The molecule has 0 fully saturated rings. The first-order valence-electron chi connectivity index (χ1n) is 6.95. The molecular formula is C17H13ClN2O2S. The fourth-order valence-electron chi connectivity index (χ4n) is 2.30. The number of anilines is 1. The highest BCUT2D eigenvalue weighted by Gasteiger charge is 2.30. The largest absolute Gasteiger partial charge is 0.286 e. The van der Waals surface area contributed by atoms with Gasteiger partial charge in [-0.15, -0.1) is 0 Å². The van der Waals surface area contributed by atoms with Gasteiger partial charge in [-0.25, -0.2) is 0 Å². The fraction of sp³-hybridized carbons (Fsp3) is 0.118. The van der Waals surface area contributed by atoms with Crippen LogP contribution in [-0.4, -0.2) is 16.7 Å². The van der Waals surface area contributed by atoms with Crippen LogP contribution in [0.2, 0.25) is 5.02 Å². The summed E-state index contributed by atoms with van der Waals surface area (Å²) in [4.78, 5) is 25.4. The lowest BCUT2D eigenvalue weighted by Crippen LogP contribution is -2.25. The van der Waals surface area contributed by atoms with Gasteiger partial charge in [-0.2, -0.15) is 10.1 Å². The van der Waals surface area contributed by atoms with Crippen LogP contribution in [0.5, 0.6) is 0 Å². The number of carbonyl (C=O) groups excluding carboxylic acids is 2. The SMILES string of the molecule is CC(=O)N(/N=C1\Sc2c(C)cccc2C1=O)c1ccccc1Cl. The number of ketones is 1. The Morgan fingerprint density at radius 3 is 2.57 bits per heavy atom. The predicted octanol–water partition coefficient (Wildman–Crippen LogP) is 4.30. The van der Waals surface area contributed by atoms with Gasteiger partial charge in [0.05, 0.1) is 10.7 Å². The van der Waals surface area contributed by atoms with Gasteiger partial charge < -0.3 is 0 Å². The molecule has 0 radical (unpaired) electrons.